The second-order valence-corrected chi connectivity index (χ2v) is 6.94. The first-order valence-corrected chi connectivity index (χ1v) is 8.60. The third-order valence-electron chi connectivity index (χ3n) is 3.83. The lowest BCUT2D eigenvalue weighted by molar-refractivity contribution is 0.0693. The molecule has 0 spiro atoms. The minimum atomic E-state index is -0.906. The summed E-state index contributed by atoms with van der Waals surface area (Å²) in [5, 5.41) is 11.6. The number of ether oxygens (including phenoxy) is 1. The molecule has 0 aromatic carbocycles. The van der Waals surface area contributed by atoms with Crippen LogP contribution in [0.2, 0.25) is 0 Å². The van der Waals surface area contributed by atoms with E-state index in [0.717, 1.165) is 53.4 Å². The standard InChI is InChI=1S/C14H18N6OS/c1-19-9-10(8-16-19)11-2-3-12-13(17-11)18-14(22(12)15)20-4-6-21-7-5-20/h2-3,8-9,22H,4-7,15H2,1H3. The Bertz CT molecular complexity index is 737. The maximum atomic E-state index is 6.41. The lowest BCUT2D eigenvalue weighted by Crippen LogP contribution is -2.40. The maximum Gasteiger partial charge on any atom is 0.168 e. The molecule has 4 rings (SSSR count). The van der Waals surface area contributed by atoms with Crippen LogP contribution in [0.25, 0.3) is 11.3 Å². The van der Waals surface area contributed by atoms with Crippen molar-refractivity contribution in [3.63, 3.8) is 0 Å². The summed E-state index contributed by atoms with van der Waals surface area (Å²) in [7, 11) is 1.89. The molecule has 1 atom stereocenters. The molecule has 2 N–H and O–H groups in total. The highest BCUT2D eigenvalue weighted by atomic mass is 32.2. The molecule has 22 heavy (non-hydrogen) atoms. The van der Waals surface area contributed by atoms with Gasteiger partial charge in [0.05, 0.1) is 30.0 Å². The van der Waals surface area contributed by atoms with E-state index in [4.69, 9.17) is 14.9 Å². The largest absolute Gasteiger partial charge is 0.378 e. The Hall–Kier alpha value is -1.90. The Morgan fingerprint density at radius 2 is 2.09 bits per heavy atom. The minimum Gasteiger partial charge on any atom is -0.378 e. The summed E-state index contributed by atoms with van der Waals surface area (Å²) >= 11 is -0.906. The van der Waals surface area contributed by atoms with Crippen molar-refractivity contribution >= 4 is 22.1 Å². The zero-order valence-corrected chi connectivity index (χ0v) is 13.2. The molecule has 2 aromatic rings. The predicted octanol–water partition coefficient (Wildman–Crippen LogP) is 1.05. The van der Waals surface area contributed by atoms with E-state index in [1.54, 1.807) is 4.68 Å². The van der Waals surface area contributed by atoms with Crippen LogP contribution in [-0.4, -0.2) is 51.1 Å². The van der Waals surface area contributed by atoms with Gasteiger partial charge < -0.3 is 9.64 Å². The first-order valence-electron chi connectivity index (χ1n) is 7.18. The van der Waals surface area contributed by atoms with E-state index in [2.05, 4.69) is 15.0 Å². The number of aromatic nitrogens is 3. The molecule has 0 saturated carbocycles. The topological polar surface area (TPSA) is 81.6 Å². The second kappa shape index (κ2) is 5.38. The third-order valence-corrected chi connectivity index (χ3v) is 5.51. The normalized spacial score (nSPS) is 22.5. The number of hydrogen-bond donors (Lipinski definition) is 2. The van der Waals surface area contributed by atoms with E-state index < -0.39 is 11.1 Å². The number of aryl methyl sites for hydroxylation is 1. The molecule has 4 heterocycles. The number of nitrogens with zero attached hydrogens (tertiary/aromatic N) is 5. The summed E-state index contributed by atoms with van der Waals surface area (Å²) in [6.45, 7) is 3.15. The highest BCUT2D eigenvalue weighted by molar-refractivity contribution is 8.28. The zero-order valence-electron chi connectivity index (χ0n) is 12.3. The van der Waals surface area contributed by atoms with E-state index in [1.165, 1.54) is 0 Å². The summed E-state index contributed by atoms with van der Waals surface area (Å²) < 4.78 is 7.16. The van der Waals surface area contributed by atoms with Gasteiger partial charge in [-0.15, -0.1) is 11.1 Å². The molecule has 2 aliphatic heterocycles. The quantitative estimate of drug-likeness (QED) is 0.768. The second-order valence-electron chi connectivity index (χ2n) is 5.32. The summed E-state index contributed by atoms with van der Waals surface area (Å²) in [5.74, 6) is 0.747. The Balaban J connectivity index is 1.67. The van der Waals surface area contributed by atoms with E-state index in [0.29, 0.717) is 0 Å². The van der Waals surface area contributed by atoms with Crippen LogP contribution in [-0.2, 0) is 11.8 Å². The number of pyridine rings is 1. The summed E-state index contributed by atoms with van der Waals surface area (Å²) in [4.78, 5) is 12.6. The fraction of sp³-hybridized carbons (Fsp3) is 0.357. The summed E-state index contributed by atoms with van der Waals surface area (Å²) in [6.07, 6.45) is 3.75. The van der Waals surface area contributed by atoms with Crippen LogP contribution in [0.4, 0.5) is 5.82 Å². The highest BCUT2D eigenvalue weighted by Gasteiger charge is 2.28. The van der Waals surface area contributed by atoms with Gasteiger partial charge in [-0.1, -0.05) is 0 Å². The molecule has 2 aromatic heterocycles. The molecular weight excluding hydrogens is 300 g/mol. The monoisotopic (exact) mass is 318 g/mol. The van der Waals surface area contributed by atoms with Gasteiger partial charge >= 0.3 is 0 Å². The van der Waals surface area contributed by atoms with E-state index in [-0.39, 0.29) is 0 Å². The molecule has 0 amide bonds. The van der Waals surface area contributed by atoms with Crippen molar-refractivity contribution in [3.05, 3.63) is 24.5 Å². The Morgan fingerprint density at radius 1 is 1.27 bits per heavy atom. The van der Waals surface area contributed by atoms with Gasteiger partial charge in [-0.25, -0.2) is 9.98 Å². The van der Waals surface area contributed by atoms with Gasteiger partial charge in [0.1, 0.15) is 0 Å². The molecular formula is C14H18N6OS. The van der Waals surface area contributed by atoms with E-state index in [1.807, 2.05) is 31.6 Å². The molecule has 8 heteroatoms. The van der Waals surface area contributed by atoms with E-state index >= 15 is 0 Å². The van der Waals surface area contributed by atoms with Gasteiger partial charge in [0.25, 0.3) is 0 Å². The van der Waals surface area contributed by atoms with Crippen molar-refractivity contribution in [3.8, 4) is 11.3 Å². The van der Waals surface area contributed by atoms with Crippen molar-refractivity contribution in [2.45, 2.75) is 4.90 Å². The molecule has 1 unspecified atom stereocenters. The van der Waals surface area contributed by atoms with Crippen LogP contribution in [0.15, 0.2) is 34.4 Å². The average molecular weight is 318 g/mol. The first kappa shape index (κ1) is 13.7. The fourth-order valence-electron chi connectivity index (χ4n) is 2.67. The number of amidine groups is 1. The number of fused-ring (bicyclic) bond motifs is 1. The van der Waals surface area contributed by atoms with Gasteiger partial charge in [-0.2, -0.15) is 5.10 Å². The molecule has 0 radical (unpaired) electrons. The lowest BCUT2D eigenvalue weighted by Gasteiger charge is -2.31. The van der Waals surface area contributed by atoms with Gasteiger partial charge in [-0.3, -0.25) is 9.82 Å². The van der Waals surface area contributed by atoms with Gasteiger partial charge in [-0.05, 0) is 12.1 Å². The number of aliphatic imine (C=N–C) groups is 1. The van der Waals surface area contributed by atoms with Crippen LogP contribution in [0.1, 0.15) is 0 Å². The molecule has 7 nitrogen and oxygen atoms in total. The molecule has 0 bridgehead atoms. The SMILES string of the molecule is Cn1cc(-c2ccc3c(n2)N=C(N2CCOCC2)[SH]3N)cn1. The molecule has 1 saturated heterocycles. The maximum absolute atomic E-state index is 6.41. The predicted molar refractivity (Wildman–Crippen MR) is 87.4 cm³/mol. The van der Waals surface area contributed by atoms with Crippen LogP contribution < -0.4 is 5.14 Å². The number of morpholine rings is 1. The van der Waals surface area contributed by atoms with Crippen molar-refractivity contribution in [2.24, 2.45) is 17.2 Å². The zero-order chi connectivity index (χ0) is 15.1. The highest BCUT2D eigenvalue weighted by Crippen LogP contribution is 2.45. The summed E-state index contributed by atoms with van der Waals surface area (Å²) in [6, 6.07) is 4.04. The number of thiol groups is 1. The van der Waals surface area contributed by atoms with Gasteiger partial charge in [0.15, 0.2) is 11.0 Å². The Labute approximate surface area is 131 Å². The van der Waals surface area contributed by atoms with E-state index in [9.17, 15) is 0 Å². The fourth-order valence-corrected chi connectivity index (χ4v) is 4.14. The smallest absolute Gasteiger partial charge is 0.168 e. The van der Waals surface area contributed by atoms with Crippen molar-refractivity contribution in [1.29, 1.82) is 0 Å². The van der Waals surface area contributed by atoms with Gasteiger partial charge in [0.2, 0.25) is 0 Å². The average Bonchev–Trinajstić information content (AvgIpc) is 3.12. The van der Waals surface area contributed by atoms with Crippen LogP contribution in [0.3, 0.4) is 0 Å². The van der Waals surface area contributed by atoms with Crippen LogP contribution >= 0.6 is 11.1 Å². The molecule has 0 aliphatic carbocycles. The van der Waals surface area contributed by atoms with Crippen molar-refractivity contribution in [2.75, 3.05) is 26.3 Å². The Morgan fingerprint density at radius 3 is 2.82 bits per heavy atom. The molecule has 2 aliphatic rings. The number of rotatable bonds is 1. The first-order chi connectivity index (χ1) is 10.7. The number of hydrogen-bond acceptors (Lipinski definition) is 6. The number of nitrogens with two attached hydrogens (primary N) is 1. The van der Waals surface area contributed by atoms with Crippen LogP contribution in [0.5, 0.6) is 0 Å². The van der Waals surface area contributed by atoms with Gasteiger partial charge in [0, 0.05) is 31.9 Å². The molecule has 1 fully saturated rings. The van der Waals surface area contributed by atoms with Crippen molar-refractivity contribution < 1.29 is 4.74 Å². The molecule has 116 valence electrons. The van der Waals surface area contributed by atoms with Crippen molar-refractivity contribution in [1.82, 2.24) is 19.7 Å². The van der Waals surface area contributed by atoms with Crippen LogP contribution in [0, 0.1) is 0 Å². The lowest BCUT2D eigenvalue weighted by atomic mass is 10.2. The Kier molecular flexibility index (Phi) is 3.36. The minimum absolute atomic E-state index is 0.729. The third kappa shape index (κ3) is 2.29. The summed E-state index contributed by atoms with van der Waals surface area (Å²) in [5.41, 5.74) is 1.86.